The van der Waals surface area contributed by atoms with Crippen LogP contribution in [0.25, 0.3) is 0 Å². The first-order valence-electron chi connectivity index (χ1n) is 7.72. The fourth-order valence-corrected chi connectivity index (χ4v) is 3.69. The number of likely N-dealkylation sites (N-methyl/N-ethyl adjacent to an activating group) is 1. The van der Waals surface area contributed by atoms with Crippen molar-refractivity contribution in [3.05, 3.63) is 0 Å². The van der Waals surface area contributed by atoms with Gasteiger partial charge < -0.3 is 15.2 Å². The Kier molecular flexibility index (Phi) is 5.63. The van der Waals surface area contributed by atoms with Gasteiger partial charge in [-0.25, -0.2) is 0 Å². The molecule has 2 N–H and O–H groups in total. The topological polar surface area (TPSA) is 47.7 Å². The molecule has 1 aliphatic heterocycles. The molecule has 0 aromatic rings. The van der Waals surface area contributed by atoms with Gasteiger partial charge in [0.1, 0.15) is 0 Å². The molecule has 2 atom stereocenters. The van der Waals surface area contributed by atoms with Crippen LogP contribution in [0, 0.1) is 5.92 Å². The summed E-state index contributed by atoms with van der Waals surface area (Å²) in [6.45, 7) is 3.74. The van der Waals surface area contributed by atoms with Crippen LogP contribution in [0.3, 0.4) is 0 Å². The molecule has 1 aliphatic carbocycles. The Bertz CT molecular complexity index is 269. The number of ether oxygens (including phenoxy) is 2. The molecule has 0 radical (unpaired) electrons. The standard InChI is InChI=1S/C15H30N2O2/c1-17(11-13-5-8-19-9-6-13)15(12-16)7-3-4-14(10-15)18-2/h13-14H,3-12,16H2,1-2H3. The molecule has 1 saturated heterocycles. The van der Waals surface area contributed by atoms with Crippen molar-refractivity contribution in [3.63, 3.8) is 0 Å². The zero-order chi connectivity index (χ0) is 13.7. The molecule has 0 spiro atoms. The largest absolute Gasteiger partial charge is 0.381 e. The third-order valence-corrected chi connectivity index (χ3v) is 5.17. The Balaban J connectivity index is 1.94. The van der Waals surface area contributed by atoms with Gasteiger partial charge in [-0.05, 0) is 51.5 Å². The van der Waals surface area contributed by atoms with Gasteiger partial charge in [0, 0.05) is 39.0 Å². The number of hydrogen-bond donors (Lipinski definition) is 1. The van der Waals surface area contributed by atoms with Gasteiger partial charge in [0.2, 0.25) is 0 Å². The normalized spacial score (nSPS) is 33.8. The second kappa shape index (κ2) is 7.02. The smallest absolute Gasteiger partial charge is 0.0589 e. The molecule has 2 unspecified atom stereocenters. The molecular formula is C15H30N2O2. The molecule has 19 heavy (non-hydrogen) atoms. The molecule has 2 aliphatic rings. The lowest BCUT2D eigenvalue weighted by Gasteiger charge is -2.47. The van der Waals surface area contributed by atoms with Crippen LogP contribution in [0.5, 0.6) is 0 Å². The van der Waals surface area contributed by atoms with Gasteiger partial charge in [-0.15, -0.1) is 0 Å². The van der Waals surface area contributed by atoms with Crippen LogP contribution in [0.1, 0.15) is 38.5 Å². The van der Waals surface area contributed by atoms with E-state index in [2.05, 4.69) is 11.9 Å². The van der Waals surface area contributed by atoms with E-state index in [-0.39, 0.29) is 5.54 Å². The summed E-state index contributed by atoms with van der Waals surface area (Å²) < 4.78 is 11.0. The zero-order valence-corrected chi connectivity index (χ0v) is 12.6. The van der Waals surface area contributed by atoms with E-state index in [0.717, 1.165) is 38.6 Å². The van der Waals surface area contributed by atoms with E-state index in [1.165, 1.54) is 32.1 Å². The molecule has 2 rings (SSSR count). The van der Waals surface area contributed by atoms with Gasteiger partial charge in [0.05, 0.1) is 6.10 Å². The summed E-state index contributed by atoms with van der Waals surface area (Å²) in [7, 11) is 4.08. The van der Waals surface area contributed by atoms with Gasteiger partial charge in [-0.2, -0.15) is 0 Å². The van der Waals surface area contributed by atoms with Crippen LogP contribution in [0.4, 0.5) is 0 Å². The number of hydrogen-bond acceptors (Lipinski definition) is 4. The Hall–Kier alpha value is -0.160. The van der Waals surface area contributed by atoms with Crippen LogP contribution in [0.2, 0.25) is 0 Å². The summed E-state index contributed by atoms with van der Waals surface area (Å²) in [5.41, 5.74) is 6.29. The van der Waals surface area contributed by atoms with Gasteiger partial charge >= 0.3 is 0 Å². The summed E-state index contributed by atoms with van der Waals surface area (Å²) in [5.74, 6) is 0.769. The van der Waals surface area contributed by atoms with E-state index in [9.17, 15) is 0 Å². The number of rotatable bonds is 5. The van der Waals surface area contributed by atoms with Crippen LogP contribution >= 0.6 is 0 Å². The summed E-state index contributed by atoms with van der Waals surface area (Å²) in [6.07, 6.45) is 7.48. The maximum atomic E-state index is 6.14. The Morgan fingerprint density at radius 2 is 2.05 bits per heavy atom. The highest BCUT2D eigenvalue weighted by Crippen LogP contribution is 2.34. The van der Waals surface area contributed by atoms with E-state index < -0.39 is 0 Å². The second-order valence-corrected chi connectivity index (χ2v) is 6.32. The lowest BCUT2D eigenvalue weighted by atomic mass is 9.78. The Morgan fingerprint density at radius 3 is 2.68 bits per heavy atom. The average molecular weight is 270 g/mol. The van der Waals surface area contributed by atoms with E-state index in [1.54, 1.807) is 0 Å². The van der Waals surface area contributed by atoms with Crippen molar-refractivity contribution >= 4 is 0 Å². The predicted molar refractivity (Wildman–Crippen MR) is 77.2 cm³/mol. The van der Waals surface area contributed by atoms with Crippen molar-refractivity contribution < 1.29 is 9.47 Å². The fourth-order valence-electron chi connectivity index (χ4n) is 3.69. The number of nitrogens with zero attached hydrogens (tertiary/aromatic N) is 1. The highest BCUT2D eigenvalue weighted by molar-refractivity contribution is 4.96. The van der Waals surface area contributed by atoms with E-state index in [4.69, 9.17) is 15.2 Å². The molecule has 4 heteroatoms. The molecule has 4 nitrogen and oxygen atoms in total. The quantitative estimate of drug-likeness (QED) is 0.825. The lowest BCUT2D eigenvalue weighted by Crippen LogP contribution is -2.57. The third kappa shape index (κ3) is 3.69. The lowest BCUT2D eigenvalue weighted by molar-refractivity contribution is -0.0256. The molecule has 0 aromatic carbocycles. The first-order valence-corrected chi connectivity index (χ1v) is 7.72. The van der Waals surface area contributed by atoms with Crippen LogP contribution in [0.15, 0.2) is 0 Å². The monoisotopic (exact) mass is 270 g/mol. The molecular weight excluding hydrogens is 240 g/mol. The van der Waals surface area contributed by atoms with Gasteiger partial charge in [0.25, 0.3) is 0 Å². The zero-order valence-electron chi connectivity index (χ0n) is 12.6. The highest BCUT2D eigenvalue weighted by Gasteiger charge is 2.39. The van der Waals surface area contributed by atoms with E-state index in [1.807, 2.05) is 7.11 Å². The van der Waals surface area contributed by atoms with Crippen LogP contribution < -0.4 is 5.73 Å². The van der Waals surface area contributed by atoms with Crippen molar-refractivity contribution in [2.45, 2.75) is 50.2 Å². The molecule has 0 bridgehead atoms. The number of nitrogens with two attached hydrogens (primary N) is 1. The van der Waals surface area contributed by atoms with Crippen molar-refractivity contribution in [1.82, 2.24) is 4.90 Å². The minimum Gasteiger partial charge on any atom is -0.381 e. The summed E-state index contributed by atoms with van der Waals surface area (Å²) in [5, 5.41) is 0. The number of methoxy groups -OCH3 is 1. The van der Waals surface area contributed by atoms with Crippen molar-refractivity contribution in [2.24, 2.45) is 11.7 Å². The minimum atomic E-state index is 0.150. The first kappa shape index (κ1) is 15.2. The van der Waals surface area contributed by atoms with Gasteiger partial charge in [0.15, 0.2) is 0 Å². The van der Waals surface area contributed by atoms with E-state index in [0.29, 0.717) is 6.10 Å². The minimum absolute atomic E-state index is 0.150. The molecule has 112 valence electrons. The fraction of sp³-hybridized carbons (Fsp3) is 1.00. The first-order chi connectivity index (χ1) is 9.20. The SMILES string of the molecule is COC1CCCC(CN)(N(C)CC2CCOCC2)C1. The van der Waals surface area contributed by atoms with Crippen molar-refractivity contribution in [1.29, 1.82) is 0 Å². The maximum Gasteiger partial charge on any atom is 0.0589 e. The third-order valence-electron chi connectivity index (χ3n) is 5.17. The van der Waals surface area contributed by atoms with Crippen molar-refractivity contribution in [2.75, 3.05) is 40.5 Å². The summed E-state index contributed by atoms with van der Waals surface area (Å²) in [6, 6.07) is 0. The molecule has 2 fully saturated rings. The second-order valence-electron chi connectivity index (χ2n) is 6.32. The molecule has 0 amide bonds. The van der Waals surface area contributed by atoms with Gasteiger partial charge in [-0.3, -0.25) is 4.90 Å². The maximum absolute atomic E-state index is 6.14. The molecule has 1 saturated carbocycles. The predicted octanol–water partition coefficient (Wildman–Crippen LogP) is 1.63. The average Bonchev–Trinajstić information content (AvgIpc) is 2.48. The summed E-state index contributed by atoms with van der Waals surface area (Å²) in [4.78, 5) is 2.52. The molecule has 0 aromatic heterocycles. The Morgan fingerprint density at radius 1 is 1.32 bits per heavy atom. The Labute approximate surface area is 117 Å². The van der Waals surface area contributed by atoms with Gasteiger partial charge in [-0.1, -0.05) is 0 Å². The van der Waals surface area contributed by atoms with Crippen LogP contribution in [-0.4, -0.2) is 57.0 Å². The van der Waals surface area contributed by atoms with Crippen molar-refractivity contribution in [3.8, 4) is 0 Å². The highest BCUT2D eigenvalue weighted by atomic mass is 16.5. The van der Waals surface area contributed by atoms with Crippen LogP contribution in [-0.2, 0) is 9.47 Å². The summed E-state index contributed by atoms with van der Waals surface area (Å²) >= 11 is 0. The van der Waals surface area contributed by atoms with E-state index >= 15 is 0 Å². The molecule has 1 heterocycles.